The number of nitrogens with one attached hydrogen (secondary N) is 1. The van der Waals surface area contributed by atoms with Crippen molar-refractivity contribution in [3.63, 3.8) is 0 Å². The lowest BCUT2D eigenvalue weighted by atomic mass is 9.91. The average molecular weight is 197 g/mol. The Morgan fingerprint density at radius 1 is 1.38 bits per heavy atom. The Morgan fingerprint density at radius 2 is 1.92 bits per heavy atom. The fourth-order valence-corrected chi connectivity index (χ4v) is 2.17. The normalized spacial score (nSPS) is 54.9. The lowest BCUT2D eigenvalue weighted by molar-refractivity contribution is -0.273. The quantitative estimate of drug-likeness (QED) is 0.496. The van der Waals surface area contributed by atoms with Gasteiger partial charge in [0.15, 0.2) is 5.60 Å². The zero-order chi connectivity index (χ0) is 10.0. The van der Waals surface area contributed by atoms with Gasteiger partial charge in [-0.05, 0) is 6.92 Å². The number of aliphatic hydroxyl groups is 2. The van der Waals surface area contributed by atoms with Crippen molar-refractivity contribution >= 4 is 0 Å². The number of aliphatic hydroxyl groups excluding tert-OH is 1. The molecule has 2 rings (SSSR count). The Hall–Kier alpha value is -0.330. The van der Waals surface area contributed by atoms with Gasteiger partial charge in [0.1, 0.15) is 0 Å². The summed E-state index contributed by atoms with van der Waals surface area (Å²) in [6.07, 6.45) is -5.75. The van der Waals surface area contributed by atoms with Crippen LogP contribution in [0.5, 0.6) is 0 Å². The molecule has 0 bridgehead atoms. The molecule has 1 aliphatic heterocycles. The van der Waals surface area contributed by atoms with E-state index in [4.69, 9.17) is 5.11 Å². The van der Waals surface area contributed by atoms with Gasteiger partial charge in [-0.3, -0.25) is 0 Å². The molecule has 0 aromatic rings. The first kappa shape index (κ1) is 9.23. The number of alkyl halides is 3. The average Bonchev–Trinajstić information content (AvgIpc) is 2.46. The van der Waals surface area contributed by atoms with E-state index in [1.54, 1.807) is 0 Å². The van der Waals surface area contributed by atoms with Gasteiger partial charge in [0, 0.05) is 18.0 Å². The molecule has 0 radical (unpaired) electrons. The molecule has 0 amide bonds. The Bertz CT molecular complexity index is 244. The molecule has 0 aromatic heterocycles. The first-order valence-corrected chi connectivity index (χ1v) is 4.03. The molecular weight excluding hydrogens is 187 g/mol. The van der Waals surface area contributed by atoms with Crippen LogP contribution in [0, 0.1) is 5.92 Å². The van der Waals surface area contributed by atoms with Gasteiger partial charge in [0.2, 0.25) is 0 Å². The van der Waals surface area contributed by atoms with Gasteiger partial charge in [-0.15, -0.1) is 0 Å². The van der Waals surface area contributed by atoms with E-state index in [-0.39, 0.29) is 0 Å². The van der Waals surface area contributed by atoms with E-state index in [1.165, 1.54) is 6.92 Å². The minimum absolute atomic E-state index is 0.596. The summed E-state index contributed by atoms with van der Waals surface area (Å²) in [5, 5.41) is 21.0. The van der Waals surface area contributed by atoms with E-state index in [9.17, 15) is 18.3 Å². The number of hydrogen-bond donors (Lipinski definition) is 3. The SMILES string of the molecule is CC1NC2C(O)C2C1(O)C(F)(F)F. The summed E-state index contributed by atoms with van der Waals surface area (Å²) < 4.78 is 37.3. The first-order chi connectivity index (χ1) is 5.80. The maximum atomic E-state index is 12.4. The molecular formula is C7H10F3NO2. The Kier molecular flexibility index (Phi) is 1.55. The minimum atomic E-state index is -4.68. The van der Waals surface area contributed by atoms with Gasteiger partial charge in [-0.1, -0.05) is 0 Å². The molecule has 1 heterocycles. The van der Waals surface area contributed by atoms with Gasteiger partial charge in [-0.25, -0.2) is 0 Å². The van der Waals surface area contributed by atoms with Crippen LogP contribution in [0.1, 0.15) is 6.92 Å². The molecule has 6 heteroatoms. The van der Waals surface area contributed by atoms with Gasteiger partial charge in [0.25, 0.3) is 0 Å². The van der Waals surface area contributed by atoms with E-state index in [2.05, 4.69) is 5.32 Å². The Balaban J connectivity index is 2.30. The summed E-state index contributed by atoms with van der Waals surface area (Å²) in [5.74, 6) is -1.09. The summed E-state index contributed by atoms with van der Waals surface area (Å²) in [6, 6.07) is -1.65. The largest absolute Gasteiger partial charge is 0.419 e. The van der Waals surface area contributed by atoms with Gasteiger partial charge in [0.05, 0.1) is 6.10 Å². The van der Waals surface area contributed by atoms with Crippen LogP contribution in [-0.2, 0) is 0 Å². The van der Waals surface area contributed by atoms with Crippen molar-refractivity contribution in [3.05, 3.63) is 0 Å². The zero-order valence-electron chi connectivity index (χ0n) is 6.84. The fraction of sp³-hybridized carbons (Fsp3) is 1.00. The minimum Gasteiger partial charge on any atom is -0.391 e. The van der Waals surface area contributed by atoms with Crippen LogP contribution < -0.4 is 5.32 Å². The molecule has 5 unspecified atom stereocenters. The van der Waals surface area contributed by atoms with E-state index in [1.807, 2.05) is 0 Å². The Labute approximate surface area is 72.6 Å². The molecule has 2 fully saturated rings. The molecule has 13 heavy (non-hydrogen) atoms. The molecule has 1 saturated heterocycles. The second-order valence-corrected chi connectivity index (χ2v) is 3.75. The lowest BCUT2D eigenvalue weighted by Gasteiger charge is -2.32. The molecule has 5 atom stereocenters. The zero-order valence-corrected chi connectivity index (χ0v) is 6.84. The van der Waals surface area contributed by atoms with Gasteiger partial charge < -0.3 is 15.5 Å². The molecule has 2 aliphatic rings. The molecule has 0 aromatic carbocycles. The number of rotatable bonds is 0. The Morgan fingerprint density at radius 3 is 2.23 bits per heavy atom. The summed E-state index contributed by atoms with van der Waals surface area (Å²) in [5.41, 5.74) is -2.77. The molecule has 3 N–H and O–H groups in total. The van der Waals surface area contributed by atoms with E-state index in [0.29, 0.717) is 0 Å². The highest BCUT2D eigenvalue weighted by Gasteiger charge is 2.77. The highest BCUT2D eigenvalue weighted by Crippen LogP contribution is 2.54. The van der Waals surface area contributed by atoms with Crippen molar-refractivity contribution in [3.8, 4) is 0 Å². The van der Waals surface area contributed by atoms with Crippen LogP contribution in [0.2, 0.25) is 0 Å². The highest BCUT2D eigenvalue weighted by molar-refractivity contribution is 5.25. The summed E-state index contributed by atoms with van der Waals surface area (Å²) in [7, 11) is 0. The van der Waals surface area contributed by atoms with Crippen LogP contribution in [0.15, 0.2) is 0 Å². The van der Waals surface area contributed by atoms with Gasteiger partial charge >= 0.3 is 6.18 Å². The van der Waals surface area contributed by atoms with Crippen LogP contribution in [-0.4, -0.2) is 40.2 Å². The van der Waals surface area contributed by atoms with Crippen molar-refractivity contribution in [2.45, 2.75) is 36.9 Å². The molecule has 0 spiro atoms. The van der Waals surface area contributed by atoms with Crippen LogP contribution >= 0.6 is 0 Å². The molecule has 3 nitrogen and oxygen atoms in total. The first-order valence-electron chi connectivity index (χ1n) is 4.03. The van der Waals surface area contributed by atoms with Crippen molar-refractivity contribution in [2.75, 3.05) is 0 Å². The maximum Gasteiger partial charge on any atom is 0.419 e. The summed E-state index contributed by atoms with van der Waals surface area (Å²) in [6.45, 7) is 1.27. The standard InChI is InChI=1S/C7H10F3NO2/c1-2-6(13,7(8,9)10)3-4(11-2)5(3)12/h2-5,11-13H,1H3. The smallest absolute Gasteiger partial charge is 0.391 e. The van der Waals surface area contributed by atoms with Crippen LogP contribution in [0.3, 0.4) is 0 Å². The molecule has 1 aliphatic carbocycles. The second kappa shape index (κ2) is 2.18. The topological polar surface area (TPSA) is 52.5 Å². The van der Waals surface area contributed by atoms with Crippen molar-refractivity contribution in [1.29, 1.82) is 0 Å². The third-order valence-corrected chi connectivity index (χ3v) is 3.05. The van der Waals surface area contributed by atoms with Crippen LogP contribution in [0.4, 0.5) is 13.2 Å². The van der Waals surface area contributed by atoms with E-state index < -0.39 is 35.9 Å². The number of hydrogen-bond acceptors (Lipinski definition) is 3. The predicted molar refractivity (Wildman–Crippen MR) is 36.9 cm³/mol. The van der Waals surface area contributed by atoms with Crippen LogP contribution in [0.25, 0.3) is 0 Å². The van der Waals surface area contributed by atoms with Crippen molar-refractivity contribution in [1.82, 2.24) is 5.32 Å². The number of piperidine rings is 1. The lowest BCUT2D eigenvalue weighted by Crippen LogP contribution is -2.57. The van der Waals surface area contributed by atoms with E-state index in [0.717, 1.165) is 0 Å². The highest BCUT2D eigenvalue weighted by atomic mass is 19.4. The summed E-state index contributed by atoms with van der Waals surface area (Å²) in [4.78, 5) is 0. The third-order valence-electron chi connectivity index (χ3n) is 3.05. The fourth-order valence-electron chi connectivity index (χ4n) is 2.17. The molecule has 1 saturated carbocycles. The number of fused-ring (bicyclic) bond motifs is 1. The predicted octanol–water partition coefficient (Wildman–Crippen LogP) is -0.369. The third kappa shape index (κ3) is 0.908. The van der Waals surface area contributed by atoms with E-state index >= 15 is 0 Å². The van der Waals surface area contributed by atoms with Crippen molar-refractivity contribution in [2.24, 2.45) is 5.92 Å². The van der Waals surface area contributed by atoms with Crippen molar-refractivity contribution < 1.29 is 23.4 Å². The monoisotopic (exact) mass is 197 g/mol. The molecule has 76 valence electrons. The van der Waals surface area contributed by atoms with Gasteiger partial charge in [-0.2, -0.15) is 13.2 Å². The summed E-state index contributed by atoms with van der Waals surface area (Å²) >= 11 is 0. The number of halogens is 3. The maximum absolute atomic E-state index is 12.4. The second-order valence-electron chi connectivity index (χ2n) is 3.75.